The first-order valence-corrected chi connectivity index (χ1v) is 8.71. The van der Waals surface area contributed by atoms with Crippen LogP contribution in [-0.2, 0) is 9.59 Å². The summed E-state index contributed by atoms with van der Waals surface area (Å²) in [6, 6.07) is 0. The molecule has 0 aromatic heterocycles. The van der Waals surface area contributed by atoms with E-state index in [1.54, 1.807) is 6.08 Å². The van der Waals surface area contributed by atoms with Gasteiger partial charge in [-0.05, 0) is 25.7 Å². The highest BCUT2D eigenvalue weighted by molar-refractivity contribution is 5.92. The van der Waals surface area contributed by atoms with Crippen molar-refractivity contribution < 1.29 is 14.7 Å². The third-order valence-corrected chi connectivity index (χ3v) is 4.66. The van der Waals surface area contributed by atoms with Crippen LogP contribution in [0.2, 0.25) is 0 Å². The van der Waals surface area contributed by atoms with Crippen LogP contribution in [0.1, 0.15) is 71.1 Å². The Morgan fingerprint density at radius 1 is 1.14 bits per heavy atom. The largest absolute Gasteiger partial charge is 0.481 e. The molecule has 4 heteroatoms. The number of hydrogen-bond acceptors (Lipinski definition) is 3. The van der Waals surface area contributed by atoms with Gasteiger partial charge in [-0.25, -0.2) is 0 Å². The highest BCUT2D eigenvalue weighted by Crippen LogP contribution is 2.53. The van der Waals surface area contributed by atoms with Gasteiger partial charge in [-0.2, -0.15) is 0 Å². The molecule has 0 radical (unpaired) electrons. The zero-order valence-electron chi connectivity index (χ0n) is 13.9. The average molecular weight is 309 g/mol. The molecule has 1 fully saturated rings. The predicted molar refractivity (Wildman–Crippen MR) is 88.6 cm³/mol. The number of aliphatic carboxylic acids is 1. The van der Waals surface area contributed by atoms with Gasteiger partial charge in [-0.15, -0.1) is 0 Å². The molecule has 0 heterocycles. The number of carbonyl (C=O) groups excluding carboxylic acids is 1. The fourth-order valence-corrected chi connectivity index (χ4v) is 2.97. The number of carboxylic acids is 1. The van der Waals surface area contributed by atoms with Crippen molar-refractivity contribution in [1.29, 1.82) is 0 Å². The van der Waals surface area contributed by atoms with Crippen LogP contribution in [0.5, 0.6) is 0 Å². The van der Waals surface area contributed by atoms with Crippen molar-refractivity contribution in [3.05, 3.63) is 12.2 Å². The zero-order valence-corrected chi connectivity index (χ0v) is 13.9. The minimum Gasteiger partial charge on any atom is -0.481 e. The van der Waals surface area contributed by atoms with E-state index in [-0.39, 0.29) is 12.3 Å². The first-order chi connectivity index (χ1) is 10.6. The van der Waals surface area contributed by atoms with Crippen LogP contribution in [0.4, 0.5) is 0 Å². The molecule has 0 bridgehead atoms. The van der Waals surface area contributed by atoms with Crippen molar-refractivity contribution in [2.75, 3.05) is 6.54 Å². The molecule has 1 saturated carbocycles. The lowest BCUT2D eigenvalue weighted by Gasteiger charge is -2.18. The van der Waals surface area contributed by atoms with E-state index in [1.165, 1.54) is 38.5 Å². The maximum atomic E-state index is 11.9. The van der Waals surface area contributed by atoms with Gasteiger partial charge < -0.3 is 10.8 Å². The topological polar surface area (TPSA) is 80.4 Å². The van der Waals surface area contributed by atoms with Gasteiger partial charge in [0.05, 0.1) is 17.9 Å². The van der Waals surface area contributed by atoms with Gasteiger partial charge >= 0.3 is 5.97 Å². The van der Waals surface area contributed by atoms with Crippen LogP contribution in [-0.4, -0.2) is 23.4 Å². The van der Waals surface area contributed by atoms with Crippen molar-refractivity contribution in [2.24, 2.45) is 17.1 Å². The predicted octanol–water partition coefficient (Wildman–Crippen LogP) is 3.69. The molecule has 0 spiro atoms. The summed E-state index contributed by atoms with van der Waals surface area (Å²) in [6.07, 6.45) is 14.6. The number of ketones is 1. The third kappa shape index (κ3) is 5.56. The summed E-state index contributed by atoms with van der Waals surface area (Å²) in [5.41, 5.74) is 4.56. The number of carbonyl (C=O) groups is 2. The molecule has 1 atom stereocenters. The Morgan fingerprint density at radius 3 is 2.23 bits per heavy atom. The van der Waals surface area contributed by atoms with Gasteiger partial charge in [0.25, 0.3) is 0 Å². The second-order valence-corrected chi connectivity index (χ2v) is 6.45. The molecule has 22 heavy (non-hydrogen) atoms. The summed E-state index contributed by atoms with van der Waals surface area (Å²) in [4.78, 5) is 23.3. The average Bonchev–Trinajstić information content (AvgIpc) is 3.30. The Labute approximate surface area is 134 Å². The number of nitrogens with two attached hydrogens (primary N) is 1. The van der Waals surface area contributed by atoms with Gasteiger partial charge in [0.2, 0.25) is 0 Å². The van der Waals surface area contributed by atoms with E-state index in [4.69, 9.17) is 5.73 Å². The van der Waals surface area contributed by atoms with Crippen LogP contribution in [0, 0.1) is 11.3 Å². The van der Waals surface area contributed by atoms with Gasteiger partial charge in [0.1, 0.15) is 0 Å². The maximum absolute atomic E-state index is 11.9. The zero-order chi connectivity index (χ0) is 16.4. The fourth-order valence-electron chi connectivity index (χ4n) is 2.97. The van der Waals surface area contributed by atoms with Crippen LogP contribution in [0.3, 0.4) is 0 Å². The van der Waals surface area contributed by atoms with E-state index in [1.807, 2.05) is 6.08 Å². The highest BCUT2D eigenvalue weighted by Gasteiger charge is 2.57. The van der Waals surface area contributed by atoms with E-state index in [2.05, 4.69) is 6.92 Å². The van der Waals surface area contributed by atoms with Crippen LogP contribution >= 0.6 is 0 Å². The van der Waals surface area contributed by atoms with Crippen molar-refractivity contribution in [2.45, 2.75) is 71.1 Å². The maximum Gasteiger partial charge on any atom is 0.310 e. The highest BCUT2D eigenvalue weighted by atomic mass is 16.4. The molecule has 126 valence electrons. The quantitative estimate of drug-likeness (QED) is 0.401. The summed E-state index contributed by atoms with van der Waals surface area (Å²) < 4.78 is 0. The minimum absolute atomic E-state index is 0.0819. The molecular weight excluding hydrogens is 278 g/mol. The SMILES string of the molecule is CCCCCCCCCC=CC(C(=O)CN)C1(C(=O)O)CC1. The fraction of sp³-hybridized carbons (Fsp3) is 0.778. The molecule has 4 nitrogen and oxygen atoms in total. The smallest absolute Gasteiger partial charge is 0.310 e. The summed E-state index contributed by atoms with van der Waals surface area (Å²) in [7, 11) is 0. The molecule has 3 N–H and O–H groups in total. The molecular formula is C18H31NO3. The first-order valence-electron chi connectivity index (χ1n) is 8.71. The monoisotopic (exact) mass is 309 g/mol. The van der Waals surface area contributed by atoms with Crippen LogP contribution in [0.15, 0.2) is 12.2 Å². The summed E-state index contributed by atoms with van der Waals surface area (Å²) >= 11 is 0. The number of Topliss-reactive ketones (excluding diaryl/α,β-unsaturated/α-hetero) is 1. The lowest BCUT2D eigenvalue weighted by Crippen LogP contribution is -2.34. The van der Waals surface area contributed by atoms with Crippen LogP contribution < -0.4 is 5.73 Å². The van der Waals surface area contributed by atoms with E-state index >= 15 is 0 Å². The molecule has 1 aliphatic carbocycles. The van der Waals surface area contributed by atoms with Crippen molar-refractivity contribution in [1.82, 2.24) is 0 Å². The molecule has 0 saturated heterocycles. The van der Waals surface area contributed by atoms with E-state index < -0.39 is 17.3 Å². The number of carboxylic acid groups (broad SMARTS) is 1. The molecule has 1 rings (SSSR count). The third-order valence-electron chi connectivity index (χ3n) is 4.66. The van der Waals surface area contributed by atoms with E-state index in [0.29, 0.717) is 12.8 Å². The molecule has 0 aliphatic heterocycles. The molecule has 0 aromatic rings. The second-order valence-electron chi connectivity index (χ2n) is 6.45. The molecule has 1 aliphatic rings. The standard InChI is InChI=1S/C18H31NO3/c1-2-3-4-5-6-7-8-9-10-11-15(16(20)14-19)18(12-13-18)17(21)22/h10-11,15H,2-9,12-14,19H2,1H3,(H,21,22). The summed E-state index contributed by atoms with van der Waals surface area (Å²) in [6.45, 7) is 2.13. The molecule has 0 aromatic carbocycles. The Balaban J connectivity index is 2.32. The Kier molecular flexibility index (Phi) is 8.39. The number of rotatable bonds is 13. The number of allylic oxidation sites excluding steroid dienone is 2. The molecule has 0 amide bonds. The Morgan fingerprint density at radius 2 is 1.73 bits per heavy atom. The lowest BCUT2D eigenvalue weighted by atomic mass is 9.84. The van der Waals surface area contributed by atoms with Crippen molar-refractivity contribution in [3.8, 4) is 0 Å². The van der Waals surface area contributed by atoms with Crippen molar-refractivity contribution in [3.63, 3.8) is 0 Å². The Bertz CT molecular complexity index is 386. The van der Waals surface area contributed by atoms with Gasteiger partial charge in [0.15, 0.2) is 5.78 Å². The number of unbranched alkanes of at least 4 members (excludes halogenated alkanes) is 7. The number of hydrogen-bond donors (Lipinski definition) is 2. The van der Waals surface area contributed by atoms with Crippen LogP contribution in [0.25, 0.3) is 0 Å². The van der Waals surface area contributed by atoms with E-state index in [9.17, 15) is 14.7 Å². The van der Waals surface area contributed by atoms with Gasteiger partial charge in [0, 0.05) is 0 Å². The van der Waals surface area contributed by atoms with Gasteiger partial charge in [-0.3, -0.25) is 9.59 Å². The Hall–Kier alpha value is -1.16. The van der Waals surface area contributed by atoms with Crippen molar-refractivity contribution >= 4 is 11.8 Å². The minimum atomic E-state index is -0.868. The first kappa shape index (κ1) is 18.9. The summed E-state index contributed by atoms with van der Waals surface area (Å²) in [5, 5.41) is 9.34. The molecule has 1 unspecified atom stereocenters. The second kappa shape index (κ2) is 9.78. The lowest BCUT2D eigenvalue weighted by molar-refractivity contribution is -0.147. The summed E-state index contributed by atoms with van der Waals surface area (Å²) in [5.74, 6) is -1.56. The van der Waals surface area contributed by atoms with Gasteiger partial charge in [-0.1, -0.05) is 57.6 Å². The normalized spacial score (nSPS) is 17.5. The van der Waals surface area contributed by atoms with E-state index in [0.717, 1.165) is 12.8 Å².